The van der Waals surface area contributed by atoms with Gasteiger partial charge < -0.3 is 0 Å². The Morgan fingerprint density at radius 3 is 2.62 bits per heavy atom. The van der Waals surface area contributed by atoms with Crippen molar-refractivity contribution in [3.8, 4) is 0 Å². The van der Waals surface area contributed by atoms with Gasteiger partial charge in [-0.1, -0.05) is 30.2 Å². The highest BCUT2D eigenvalue weighted by Crippen LogP contribution is 2.20. The van der Waals surface area contributed by atoms with Crippen LogP contribution < -0.4 is 0 Å². The third kappa shape index (κ3) is 0.835. The first-order valence-electron chi connectivity index (χ1n) is 3.19. The second kappa shape index (κ2) is 2.17. The molecular formula is C8H12. The lowest BCUT2D eigenvalue weighted by atomic mass is 10.1. The lowest BCUT2D eigenvalue weighted by molar-refractivity contribution is 1.03. The van der Waals surface area contributed by atoms with Crippen LogP contribution in [0.4, 0.5) is 0 Å². The highest BCUT2D eigenvalue weighted by Gasteiger charge is 1.99. The summed E-state index contributed by atoms with van der Waals surface area (Å²) >= 11 is 0. The summed E-state index contributed by atoms with van der Waals surface area (Å²) in [6, 6.07) is 0. The van der Waals surface area contributed by atoms with Crippen LogP contribution in [0.1, 0.15) is 26.7 Å². The van der Waals surface area contributed by atoms with Crippen LogP contribution in [0.2, 0.25) is 0 Å². The monoisotopic (exact) mass is 108 g/mol. The van der Waals surface area contributed by atoms with Crippen LogP contribution in [0.15, 0.2) is 23.3 Å². The lowest BCUT2D eigenvalue weighted by Gasteiger charge is -1.94. The first-order valence-corrected chi connectivity index (χ1v) is 3.19. The average Bonchev–Trinajstić information content (AvgIpc) is 2.14. The summed E-state index contributed by atoms with van der Waals surface area (Å²) in [6.07, 6.45) is 6.86. The second-order valence-electron chi connectivity index (χ2n) is 2.25. The van der Waals surface area contributed by atoms with Gasteiger partial charge in [0.2, 0.25) is 0 Å². The van der Waals surface area contributed by atoms with Gasteiger partial charge in [0.1, 0.15) is 0 Å². The van der Waals surface area contributed by atoms with E-state index in [-0.39, 0.29) is 0 Å². The van der Waals surface area contributed by atoms with Crippen molar-refractivity contribution in [3.63, 3.8) is 0 Å². The number of rotatable bonds is 1. The maximum Gasteiger partial charge on any atom is -0.0130 e. The van der Waals surface area contributed by atoms with E-state index >= 15 is 0 Å². The van der Waals surface area contributed by atoms with Crippen molar-refractivity contribution in [1.29, 1.82) is 0 Å². The normalized spacial score (nSPS) is 18.2. The zero-order valence-corrected chi connectivity index (χ0v) is 5.57. The molecule has 0 amide bonds. The van der Waals surface area contributed by atoms with Crippen molar-refractivity contribution >= 4 is 0 Å². The Bertz CT molecular complexity index is 138. The van der Waals surface area contributed by atoms with Gasteiger partial charge in [0.15, 0.2) is 0 Å². The number of hydrogen-bond acceptors (Lipinski definition) is 0. The minimum absolute atomic E-state index is 1.20. The predicted octanol–water partition coefficient (Wildman–Crippen LogP) is 2.67. The van der Waals surface area contributed by atoms with Gasteiger partial charge >= 0.3 is 0 Å². The highest BCUT2D eigenvalue weighted by molar-refractivity contribution is 5.31. The van der Waals surface area contributed by atoms with E-state index in [0.717, 1.165) is 0 Å². The molecule has 0 heterocycles. The molecule has 0 fully saturated rings. The van der Waals surface area contributed by atoms with E-state index in [1.165, 1.54) is 18.4 Å². The van der Waals surface area contributed by atoms with Crippen molar-refractivity contribution in [1.82, 2.24) is 0 Å². The zero-order valence-electron chi connectivity index (χ0n) is 5.57. The minimum Gasteiger partial charge on any atom is -0.0802 e. The van der Waals surface area contributed by atoms with E-state index in [9.17, 15) is 0 Å². The Kier molecular flexibility index (Phi) is 1.52. The summed E-state index contributed by atoms with van der Waals surface area (Å²) < 4.78 is 0. The lowest BCUT2D eigenvalue weighted by Crippen LogP contribution is -1.75. The first-order chi connectivity index (χ1) is 3.84. The van der Waals surface area contributed by atoms with Crippen LogP contribution in [0.3, 0.4) is 0 Å². The fourth-order valence-electron chi connectivity index (χ4n) is 1.08. The van der Waals surface area contributed by atoms with E-state index in [1.54, 1.807) is 5.57 Å². The van der Waals surface area contributed by atoms with Gasteiger partial charge in [-0.05, 0) is 19.8 Å². The van der Waals surface area contributed by atoms with Gasteiger partial charge in [0, 0.05) is 0 Å². The van der Waals surface area contributed by atoms with E-state index < -0.39 is 0 Å². The Balaban J connectivity index is 2.68. The topological polar surface area (TPSA) is 0 Å². The van der Waals surface area contributed by atoms with Crippen LogP contribution >= 0.6 is 0 Å². The van der Waals surface area contributed by atoms with Gasteiger partial charge in [0.05, 0.1) is 0 Å². The molecule has 44 valence electrons. The molecule has 0 N–H and O–H groups in total. The highest BCUT2D eigenvalue weighted by atomic mass is 14.1. The second-order valence-corrected chi connectivity index (χ2v) is 2.25. The molecule has 0 aromatic rings. The van der Waals surface area contributed by atoms with E-state index in [0.29, 0.717) is 0 Å². The molecule has 0 unspecified atom stereocenters. The third-order valence-electron chi connectivity index (χ3n) is 1.72. The van der Waals surface area contributed by atoms with Gasteiger partial charge in [-0.15, -0.1) is 0 Å². The van der Waals surface area contributed by atoms with Gasteiger partial charge in [-0.3, -0.25) is 0 Å². The Morgan fingerprint density at radius 2 is 2.38 bits per heavy atom. The van der Waals surface area contributed by atoms with Crippen LogP contribution in [0, 0.1) is 0 Å². The smallest absolute Gasteiger partial charge is 0.0130 e. The molecule has 0 aromatic heterocycles. The van der Waals surface area contributed by atoms with Crippen molar-refractivity contribution in [2.75, 3.05) is 0 Å². The van der Waals surface area contributed by atoms with Gasteiger partial charge in [-0.2, -0.15) is 0 Å². The van der Waals surface area contributed by atoms with Crippen LogP contribution in [-0.2, 0) is 0 Å². The number of allylic oxidation sites excluding steroid dienone is 4. The summed E-state index contributed by atoms with van der Waals surface area (Å²) in [5, 5.41) is 0. The maximum atomic E-state index is 2.23. The summed E-state index contributed by atoms with van der Waals surface area (Å²) in [7, 11) is 0. The Labute approximate surface area is 50.9 Å². The van der Waals surface area contributed by atoms with E-state index in [4.69, 9.17) is 0 Å². The van der Waals surface area contributed by atoms with Crippen LogP contribution in [0.5, 0.6) is 0 Å². The minimum atomic E-state index is 1.20. The predicted molar refractivity (Wildman–Crippen MR) is 36.7 cm³/mol. The molecule has 0 heteroatoms. The molecule has 0 bridgehead atoms. The summed E-state index contributed by atoms with van der Waals surface area (Å²) in [5.41, 5.74) is 3.08. The summed E-state index contributed by atoms with van der Waals surface area (Å²) in [4.78, 5) is 0. The molecule has 0 aromatic carbocycles. The molecule has 0 nitrogen and oxygen atoms in total. The summed E-state index contributed by atoms with van der Waals surface area (Å²) in [5.74, 6) is 0. The molecular weight excluding hydrogens is 96.1 g/mol. The van der Waals surface area contributed by atoms with E-state index in [1.807, 2.05) is 0 Å². The molecule has 0 aliphatic heterocycles. The quantitative estimate of drug-likeness (QED) is 0.484. The fraction of sp³-hybridized carbons (Fsp3) is 0.500. The molecule has 0 saturated carbocycles. The van der Waals surface area contributed by atoms with E-state index in [2.05, 4.69) is 26.0 Å². The van der Waals surface area contributed by atoms with Crippen molar-refractivity contribution in [2.24, 2.45) is 0 Å². The van der Waals surface area contributed by atoms with Crippen molar-refractivity contribution in [3.05, 3.63) is 23.3 Å². The van der Waals surface area contributed by atoms with Gasteiger partial charge in [-0.25, -0.2) is 0 Å². The van der Waals surface area contributed by atoms with Crippen LogP contribution in [0.25, 0.3) is 0 Å². The molecule has 0 saturated heterocycles. The summed E-state index contributed by atoms with van der Waals surface area (Å²) in [6.45, 7) is 4.40. The molecule has 0 spiro atoms. The van der Waals surface area contributed by atoms with Crippen molar-refractivity contribution < 1.29 is 0 Å². The molecule has 0 radical (unpaired) electrons. The molecule has 8 heavy (non-hydrogen) atoms. The average molecular weight is 108 g/mol. The molecule has 1 aliphatic rings. The van der Waals surface area contributed by atoms with Crippen molar-refractivity contribution in [2.45, 2.75) is 26.7 Å². The SMILES string of the molecule is CCC1=C(C)C=CC1. The molecule has 1 rings (SSSR count). The Morgan fingerprint density at radius 1 is 1.62 bits per heavy atom. The number of hydrogen-bond donors (Lipinski definition) is 0. The van der Waals surface area contributed by atoms with Crippen LogP contribution in [-0.4, -0.2) is 0 Å². The Hall–Kier alpha value is -0.520. The molecule has 0 atom stereocenters. The van der Waals surface area contributed by atoms with Gasteiger partial charge in [0.25, 0.3) is 0 Å². The third-order valence-corrected chi connectivity index (χ3v) is 1.72. The first kappa shape index (κ1) is 5.61. The standard InChI is InChI=1S/C8H12/c1-3-8-6-4-5-7(8)2/h4-5H,3,6H2,1-2H3. The zero-order chi connectivity index (χ0) is 5.98. The largest absolute Gasteiger partial charge is 0.0802 e. The molecule has 1 aliphatic carbocycles. The maximum absolute atomic E-state index is 2.23. The fourth-order valence-corrected chi connectivity index (χ4v) is 1.08.